The van der Waals surface area contributed by atoms with E-state index in [1.807, 2.05) is 0 Å². The van der Waals surface area contributed by atoms with Crippen LogP contribution in [0.1, 0.15) is 25.8 Å². The molecule has 1 unspecified atom stereocenters. The summed E-state index contributed by atoms with van der Waals surface area (Å²) >= 11 is 0. The fraction of sp³-hybridized carbons (Fsp3) is 0.625. The molecule has 0 radical (unpaired) electrons. The van der Waals surface area contributed by atoms with Crippen molar-refractivity contribution in [3.05, 3.63) is 29.8 Å². The van der Waals surface area contributed by atoms with Gasteiger partial charge < -0.3 is 15.0 Å². The summed E-state index contributed by atoms with van der Waals surface area (Å²) in [5.41, 5.74) is 2.69. The van der Waals surface area contributed by atoms with Gasteiger partial charge in [0.1, 0.15) is 0 Å². The van der Waals surface area contributed by atoms with Gasteiger partial charge in [-0.25, -0.2) is 0 Å². The number of hydrogen-bond acceptors (Lipinski definition) is 3. The SMILES string of the molecule is COCC1CCN(c2ccc(CNC(C)C)cc2)C1. The van der Waals surface area contributed by atoms with Gasteiger partial charge in [-0.2, -0.15) is 0 Å². The molecule has 0 aliphatic carbocycles. The van der Waals surface area contributed by atoms with Gasteiger partial charge in [-0.3, -0.25) is 0 Å². The second-order valence-electron chi connectivity index (χ2n) is 5.76. The van der Waals surface area contributed by atoms with Gasteiger partial charge in [-0.15, -0.1) is 0 Å². The highest BCUT2D eigenvalue weighted by Gasteiger charge is 2.22. The fourth-order valence-electron chi connectivity index (χ4n) is 2.59. The molecule has 0 aromatic heterocycles. The Labute approximate surface area is 116 Å². The predicted octanol–water partition coefficient (Wildman–Crippen LogP) is 2.66. The third kappa shape index (κ3) is 4.22. The minimum atomic E-state index is 0.535. The predicted molar refractivity (Wildman–Crippen MR) is 80.6 cm³/mol. The zero-order chi connectivity index (χ0) is 13.7. The number of rotatable bonds is 6. The van der Waals surface area contributed by atoms with E-state index in [9.17, 15) is 0 Å². The Morgan fingerprint density at radius 3 is 2.68 bits per heavy atom. The van der Waals surface area contributed by atoms with Crippen molar-refractivity contribution in [1.29, 1.82) is 0 Å². The minimum Gasteiger partial charge on any atom is -0.384 e. The standard InChI is InChI=1S/C16H26N2O/c1-13(2)17-10-14-4-6-16(7-5-14)18-9-8-15(11-18)12-19-3/h4-7,13,15,17H,8-12H2,1-3H3. The monoisotopic (exact) mass is 262 g/mol. The minimum absolute atomic E-state index is 0.535. The van der Waals surface area contributed by atoms with Gasteiger partial charge in [-0.05, 0) is 24.1 Å². The van der Waals surface area contributed by atoms with Gasteiger partial charge in [0, 0.05) is 44.4 Å². The molecule has 106 valence electrons. The van der Waals surface area contributed by atoms with Crippen molar-refractivity contribution in [3.8, 4) is 0 Å². The topological polar surface area (TPSA) is 24.5 Å². The number of nitrogens with zero attached hydrogens (tertiary/aromatic N) is 1. The molecule has 1 aliphatic rings. The van der Waals surface area contributed by atoms with Crippen molar-refractivity contribution >= 4 is 5.69 Å². The lowest BCUT2D eigenvalue weighted by Gasteiger charge is -2.19. The van der Waals surface area contributed by atoms with Gasteiger partial charge in [0.25, 0.3) is 0 Å². The fourth-order valence-corrected chi connectivity index (χ4v) is 2.59. The van der Waals surface area contributed by atoms with Crippen molar-refractivity contribution in [3.63, 3.8) is 0 Å². The van der Waals surface area contributed by atoms with Crippen LogP contribution in [0.5, 0.6) is 0 Å². The summed E-state index contributed by atoms with van der Waals surface area (Å²) in [6.07, 6.45) is 1.24. The molecule has 1 atom stereocenters. The zero-order valence-electron chi connectivity index (χ0n) is 12.4. The van der Waals surface area contributed by atoms with Crippen molar-refractivity contribution in [2.45, 2.75) is 32.9 Å². The largest absolute Gasteiger partial charge is 0.384 e. The van der Waals surface area contributed by atoms with Crippen LogP contribution < -0.4 is 10.2 Å². The number of hydrogen-bond donors (Lipinski definition) is 1. The molecule has 3 heteroatoms. The molecule has 2 rings (SSSR count). The van der Waals surface area contributed by atoms with Crippen LogP contribution >= 0.6 is 0 Å². The average molecular weight is 262 g/mol. The van der Waals surface area contributed by atoms with Crippen LogP contribution in [0.3, 0.4) is 0 Å². The smallest absolute Gasteiger partial charge is 0.0508 e. The van der Waals surface area contributed by atoms with Crippen LogP contribution in [-0.4, -0.2) is 32.8 Å². The maximum Gasteiger partial charge on any atom is 0.0508 e. The van der Waals surface area contributed by atoms with E-state index in [2.05, 4.69) is 48.3 Å². The van der Waals surface area contributed by atoms with E-state index >= 15 is 0 Å². The van der Waals surface area contributed by atoms with E-state index in [1.54, 1.807) is 7.11 Å². The molecule has 1 heterocycles. The lowest BCUT2D eigenvalue weighted by molar-refractivity contribution is 0.161. The average Bonchev–Trinajstić information content (AvgIpc) is 2.86. The summed E-state index contributed by atoms with van der Waals surface area (Å²) in [6.45, 7) is 8.45. The molecule has 0 spiro atoms. The summed E-state index contributed by atoms with van der Waals surface area (Å²) in [5, 5.41) is 3.44. The van der Waals surface area contributed by atoms with Crippen LogP contribution in [0.25, 0.3) is 0 Å². The third-order valence-electron chi connectivity index (χ3n) is 3.70. The summed E-state index contributed by atoms with van der Waals surface area (Å²) in [4.78, 5) is 2.46. The van der Waals surface area contributed by atoms with Gasteiger partial charge in [0.05, 0.1) is 6.61 Å². The van der Waals surface area contributed by atoms with E-state index in [0.717, 1.165) is 26.2 Å². The van der Waals surface area contributed by atoms with Gasteiger partial charge in [0.2, 0.25) is 0 Å². The van der Waals surface area contributed by atoms with Crippen LogP contribution in [0.4, 0.5) is 5.69 Å². The molecular weight excluding hydrogens is 236 g/mol. The number of ether oxygens (including phenoxy) is 1. The summed E-state index contributed by atoms with van der Waals surface area (Å²) in [5.74, 6) is 0.687. The van der Waals surface area contributed by atoms with E-state index < -0.39 is 0 Å². The molecule has 0 saturated carbocycles. The molecule has 3 nitrogen and oxygen atoms in total. The Bertz CT molecular complexity index is 375. The Balaban J connectivity index is 1.88. The second kappa shape index (κ2) is 6.92. The van der Waals surface area contributed by atoms with Gasteiger partial charge in [-0.1, -0.05) is 26.0 Å². The van der Waals surface area contributed by atoms with Crippen LogP contribution in [0, 0.1) is 5.92 Å². The van der Waals surface area contributed by atoms with E-state index in [4.69, 9.17) is 4.74 Å². The van der Waals surface area contributed by atoms with Crippen LogP contribution in [0.15, 0.2) is 24.3 Å². The maximum atomic E-state index is 5.25. The van der Waals surface area contributed by atoms with Gasteiger partial charge in [0.15, 0.2) is 0 Å². The number of methoxy groups -OCH3 is 1. The normalized spacial score (nSPS) is 19.4. The van der Waals surface area contributed by atoms with Crippen molar-refractivity contribution < 1.29 is 4.74 Å². The Morgan fingerprint density at radius 2 is 2.05 bits per heavy atom. The first-order chi connectivity index (χ1) is 9.19. The molecule has 0 amide bonds. The first-order valence-corrected chi connectivity index (χ1v) is 7.25. The Morgan fingerprint density at radius 1 is 1.32 bits per heavy atom. The highest BCUT2D eigenvalue weighted by atomic mass is 16.5. The lowest BCUT2D eigenvalue weighted by atomic mass is 10.1. The number of anilines is 1. The molecular formula is C16H26N2O. The first kappa shape index (κ1) is 14.4. The van der Waals surface area contributed by atoms with Crippen LogP contribution in [0.2, 0.25) is 0 Å². The van der Waals surface area contributed by atoms with Crippen molar-refractivity contribution in [1.82, 2.24) is 5.32 Å². The summed E-state index contributed by atoms with van der Waals surface area (Å²) in [7, 11) is 1.79. The first-order valence-electron chi connectivity index (χ1n) is 7.25. The Hall–Kier alpha value is -1.06. The lowest BCUT2D eigenvalue weighted by Crippen LogP contribution is -2.22. The molecule has 19 heavy (non-hydrogen) atoms. The quantitative estimate of drug-likeness (QED) is 0.853. The summed E-state index contributed by atoms with van der Waals surface area (Å²) in [6, 6.07) is 9.48. The Kier molecular flexibility index (Phi) is 5.23. The van der Waals surface area contributed by atoms with Gasteiger partial charge >= 0.3 is 0 Å². The molecule has 0 bridgehead atoms. The van der Waals surface area contributed by atoms with E-state index in [1.165, 1.54) is 17.7 Å². The zero-order valence-corrected chi connectivity index (χ0v) is 12.4. The number of benzene rings is 1. The molecule has 1 saturated heterocycles. The molecule has 1 aliphatic heterocycles. The van der Waals surface area contributed by atoms with Crippen molar-refractivity contribution in [2.75, 3.05) is 31.7 Å². The second-order valence-corrected chi connectivity index (χ2v) is 5.76. The van der Waals surface area contributed by atoms with E-state index in [-0.39, 0.29) is 0 Å². The third-order valence-corrected chi connectivity index (χ3v) is 3.70. The highest BCUT2D eigenvalue weighted by molar-refractivity contribution is 5.48. The molecule has 1 fully saturated rings. The molecule has 1 aromatic rings. The highest BCUT2D eigenvalue weighted by Crippen LogP contribution is 2.24. The molecule has 1 N–H and O–H groups in total. The van der Waals surface area contributed by atoms with Crippen molar-refractivity contribution in [2.24, 2.45) is 5.92 Å². The maximum absolute atomic E-state index is 5.25. The van der Waals surface area contributed by atoms with E-state index in [0.29, 0.717) is 12.0 Å². The molecule has 1 aromatic carbocycles. The summed E-state index contributed by atoms with van der Waals surface area (Å²) < 4.78 is 5.25. The number of nitrogens with one attached hydrogen (secondary N) is 1. The van der Waals surface area contributed by atoms with Crippen LogP contribution in [-0.2, 0) is 11.3 Å².